The molecule has 4 aromatic carbocycles. The molecule has 0 aliphatic rings. The summed E-state index contributed by atoms with van der Waals surface area (Å²) in [5.74, 6) is 0.695. The van der Waals surface area contributed by atoms with Crippen molar-refractivity contribution in [2.24, 2.45) is 0 Å². The van der Waals surface area contributed by atoms with Crippen LogP contribution in [0.3, 0.4) is 0 Å². The molecule has 9 heteroatoms. The number of anilines is 1. The number of nitrogens with zero attached hydrogens (tertiary/aromatic N) is 2. The molecule has 1 aromatic heterocycles. The Hall–Kier alpha value is -4.34. The molecule has 1 heterocycles. The maximum atomic E-state index is 13.8. The third-order valence-corrected chi connectivity index (χ3v) is 9.69. The second-order valence-electron chi connectivity index (χ2n) is 9.45. The topological polar surface area (TPSA) is 76.2 Å². The lowest BCUT2D eigenvalue weighted by atomic mass is 10.1. The van der Waals surface area contributed by atoms with E-state index in [4.69, 9.17) is 9.47 Å². The van der Waals surface area contributed by atoms with Crippen LogP contribution in [0.15, 0.2) is 108 Å². The quantitative estimate of drug-likeness (QED) is 0.185. The van der Waals surface area contributed by atoms with E-state index in [0.717, 1.165) is 21.2 Å². The first-order valence-electron chi connectivity index (χ1n) is 12.9. The van der Waals surface area contributed by atoms with Gasteiger partial charge in [0.15, 0.2) is 11.5 Å². The Morgan fingerprint density at radius 1 is 0.756 bits per heavy atom. The van der Waals surface area contributed by atoms with E-state index in [9.17, 15) is 13.2 Å². The number of amides is 1. The summed E-state index contributed by atoms with van der Waals surface area (Å²) in [5, 5.41) is 0.796. The highest BCUT2D eigenvalue weighted by Crippen LogP contribution is 2.34. The molecule has 7 nitrogen and oxygen atoms in total. The summed E-state index contributed by atoms with van der Waals surface area (Å²) in [6.45, 7) is 0.945. The lowest BCUT2D eigenvalue weighted by Crippen LogP contribution is -2.29. The van der Waals surface area contributed by atoms with E-state index in [1.807, 2.05) is 77.7 Å². The number of hydrogen-bond acceptors (Lipinski definition) is 6. The third kappa shape index (κ3) is 6.06. The maximum absolute atomic E-state index is 13.8. The molecule has 0 aliphatic heterocycles. The fraction of sp³-hybridized carbons (Fsp3) is 0.156. The van der Waals surface area contributed by atoms with Crippen molar-refractivity contribution < 1.29 is 22.7 Å². The van der Waals surface area contributed by atoms with Crippen molar-refractivity contribution in [1.82, 2.24) is 4.90 Å². The number of benzene rings is 4. The third-order valence-electron chi connectivity index (χ3n) is 6.81. The van der Waals surface area contributed by atoms with Gasteiger partial charge in [-0.3, -0.25) is 9.10 Å². The monoisotopic (exact) mass is 586 g/mol. The number of ether oxygens (including phenoxy) is 2. The predicted molar refractivity (Wildman–Crippen MR) is 163 cm³/mol. The van der Waals surface area contributed by atoms with Crippen molar-refractivity contribution in [1.29, 1.82) is 0 Å². The van der Waals surface area contributed by atoms with Crippen LogP contribution < -0.4 is 13.8 Å². The van der Waals surface area contributed by atoms with Crippen molar-refractivity contribution in [3.63, 3.8) is 0 Å². The molecule has 0 saturated heterocycles. The van der Waals surface area contributed by atoms with Crippen LogP contribution in [0.25, 0.3) is 10.1 Å². The van der Waals surface area contributed by atoms with Crippen LogP contribution in [0, 0.1) is 0 Å². The number of thiophene rings is 1. The number of carbonyl (C=O) groups excluding carboxylic acids is 1. The van der Waals surface area contributed by atoms with Crippen LogP contribution in [-0.4, -0.2) is 40.5 Å². The van der Waals surface area contributed by atoms with Gasteiger partial charge in [-0.15, -0.1) is 11.3 Å². The van der Waals surface area contributed by atoms with Crippen molar-refractivity contribution in [2.75, 3.05) is 25.6 Å². The standard InChI is InChI=1S/C32H30N2O5S2/c1-33(41(36,37)27-15-16-28(38-2)29(20-27)39-3)26-14-17-30-25(18-26)19-31(40-30)32(35)34(21-23-10-6-4-7-11-23)22-24-12-8-5-9-13-24/h4-20H,21-22H2,1-3H3. The molecule has 0 aliphatic carbocycles. The van der Waals surface area contributed by atoms with E-state index in [1.165, 1.54) is 49.0 Å². The Morgan fingerprint density at radius 3 is 1.95 bits per heavy atom. The number of carbonyl (C=O) groups is 1. The van der Waals surface area contributed by atoms with Crippen LogP contribution in [0.2, 0.25) is 0 Å². The zero-order valence-corrected chi connectivity index (χ0v) is 24.6. The van der Waals surface area contributed by atoms with Crippen molar-refractivity contribution >= 4 is 43.0 Å². The van der Waals surface area contributed by atoms with Gasteiger partial charge in [-0.1, -0.05) is 60.7 Å². The van der Waals surface area contributed by atoms with Crippen LogP contribution in [-0.2, 0) is 23.1 Å². The lowest BCUT2D eigenvalue weighted by molar-refractivity contribution is 0.0735. The number of hydrogen-bond donors (Lipinski definition) is 0. The summed E-state index contributed by atoms with van der Waals surface area (Å²) in [4.78, 5) is 16.3. The van der Waals surface area contributed by atoms with Gasteiger partial charge in [0, 0.05) is 30.9 Å². The van der Waals surface area contributed by atoms with Crippen LogP contribution in [0.5, 0.6) is 11.5 Å². The summed E-state index contributed by atoms with van der Waals surface area (Å²) in [6.07, 6.45) is 0. The van der Waals surface area contributed by atoms with Gasteiger partial charge in [0.25, 0.3) is 15.9 Å². The molecule has 0 unspecified atom stereocenters. The van der Waals surface area contributed by atoms with Crippen LogP contribution >= 0.6 is 11.3 Å². The van der Waals surface area contributed by atoms with E-state index in [0.29, 0.717) is 35.2 Å². The molecule has 0 spiro atoms. The normalized spacial score (nSPS) is 11.3. The molecule has 210 valence electrons. The van der Waals surface area contributed by atoms with Crippen molar-refractivity contribution in [2.45, 2.75) is 18.0 Å². The molecule has 1 amide bonds. The minimum absolute atomic E-state index is 0.0771. The smallest absolute Gasteiger partial charge is 0.264 e. The maximum Gasteiger partial charge on any atom is 0.264 e. The molecule has 0 saturated carbocycles. The summed E-state index contributed by atoms with van der Waals surface area (Å²) in [7, 11) is 0.579. The Kier molecular flexibility index (Phi) is 8.28. The average Bonchev–Trinajstić information content (AvgIpc) is 3.44. The molecule has 5 aromatic rings. The van der Waals surface area contributed by atoms with Gasteiger partial charge in [0.2, 0.25) is 0 Å². The molecule has 0 bridgehead atoms. The van der Waals surface area contributed by atoms with Gasteiger partial charge >= 0.3 is 0 Å². The highest BCUT2D eigenvalue weighted by Gasteiger charge is 2.24. The van der Waals surface area contributed by atoms with E-state index >= 15 is 0 Å². The molecule has 0 N–H and O–H groups in total. The number of sulfonamides is 1. The first-order chi connectivity index (χ1) is 19.8. The van der Waals surface area contributed by atoms with Gasteiger partial charge in [-0.2, -0.15) is 0 Å². The van der Waals surface area contributed by atoms with Gasteiger partial charge in [0.05, 0.1) is 29.7 Å². The molecule has 41 heavy (non-hydrogen) atoms. The minimum Gasteiger partial charge on any atom is -0.493 e. The van der Waals surface area contributed by atoms with E-state index in [-0.39, 0.29) is 10.8 Å². The van der Waals surface area contributed by atoms with Crippen molar-refractivity contribution in [3.8, 4) is 11.5 Å². The minimum atomic E-state index is -3.88. The fourth-order valence-electron chi connectivity index (χ4n) is 4.57. The Labute approximate surface area is 244 Å². The van der Waals surface area contributed by atoms with Gasteiger partial charge < -0.3 is 14.4 Å². The highest BCUT2D eigenvalue weighted by molar-refractivity contribution is 7.92. The van der Waals surface area contributed by atoms with Gasteiger partial charge in [0.1, 0.15) is 0 Å². The second kappa shape index (κ2) is 12.0. The average molecular weight is 587 g/mol. The summed E-state index contributed by atoms with van der Waals surface area (Å²) in [6, 6.07) is 31.5. The highest BCUT2D eigenvalue weighted by atomic mass is 32.2. The molecule has 0 atom stereocenters. The van der Waals surface area contributed by atoms with Crippen LogP contribution in [0.1, 0.15) is 20.8 Å². The number of rotatable bonds is 10. The molecular formula is C32H30N2O5S2. The van der Waals surface area contributed by atoms with Crippen LogP contribution in [0.4, 0.5) is 5.69 Å². The summed E-state index contributed by atoms with van der Waals surface area (Å²) >= 11 is 1.40. The van der Waals surface area contributed by atoms with Crippen molar-refractivity contribution in [3.05, 3.63) is 119 Å². The first-order valence-corrected chi connectivity index (χ1v) is 15.2. The molecule has 0 radical (unpaired) electrons. The Balaban J connectivity index is 1.43. The largest absolute Gasteiger partial charge is 0.493 e. The number of methoxy groups -OCH3 is 2. The lowest BCUT2D eigenvalue weighted by Gasteiger charge is -2.22. The zero-order chi connectivity index (χ0) is 29.0. The summed E-state index contributed by atoms with van der Waals surface area (Å²) < 4.78 is 39.6. The summed E-state index contributed by atoms with van der Waals surface area (Å²) in [5.41, 5.74) is 2.57. The van der Waals surface area contributed by atoms with E-state index in [2.05, 4.69) is 0 Å². The van der Waals surface area contributed by atoms with Gasteiger partial charge in [-0.05, 0) is 52.9 Å². The molecule has 5 rings (SSSR count). The van der Waals surface area contributed by atoms with E-state index < -0.39 is 10.0 Å². The fourth-order valence-corrected chi connectivity index (χ4v) is 6.78. The SMILES string of the molecule is COc1ccc(S(=O)(=O)N(C)c2ccc3sc(C(=O)N(Cc4ccccc4)Cc4ccccc4)cc3c2)cc1OC. The zero-order valence-electron chi connectivity index (χ0n) is 23.0. The molecular weight excluding hydrogens is 556 g/mol. The first kappa shape index (κ1) is 28.2. The number of fused-ring (bicyclic) bond motifs is 1. The van der Waals surface area contributed by atoms with E-state index in [1.54, 1.807) is 18.2 Å². The predicted octanol–water partition coefficient (Wildman–Crippen LogP) is 6.59. The van der Waals surface area contributed by atoms with Gasteiger partial charge in [-0.25, -0.2) is 8.42 Å². The molecule has 0 fully saturated rings. The Morgan fingerprint density at radius 2 is 1.37 bits per heavy atom. The second-order valence-corrected chi connectivity index (χ2v) is 12.5. The Bertz CT molecular complexity index is 1730.